The van der Waals surface area contributed by atoms with Gasteiger partial charge >= 0.3 is 6.18 Å². The van der Waals surface area contributed by atoms with Crippen LogP contribution in [0, 0.1) is 0 Å². The summed E-state index contributed by atoms with van der Waals surface area (Å²) in [6.45, 7) is 3.47. The topological polar surface area (TPSA) is 99.8 Å². The lowest BCUT2D eigenvalue weighted by atomic mass is 10.0. The number of fused-ring (bicyclic) bond motifs is 1. The van der Waals surface area contributed by atoms with Crippen molar-refractivity contribution < 1.29 is 32.9 Å². The lowest BCUT2D eigenvalue weighted by molar-refractivity contribution is -0.139. The van der Waals surface area contributed by atoms with E-state index in [9.17, 15) is 28.2 Å². The lowest BCUT2D eigenvalue weighted by Gasteiger charge is -2.22. The van der Waals surface area contributed by atoms with Crippen molar-refractivity contribution in [2.45, 2.75) is 76.5 Å². The zero-order chi connectivity index (χ0) is 25.9. The summed E-state index contributed by atoms with van der Waals surface area (Å²) in [4.78, 5) is 14.4. The van der Waals surface area contributed by atoms with Gasteiger partial charge in [-0.1, -0.05) is 0 Å². The number of aryl methyl sites for hydroxylation is 1. The number of aliphatic hydroxyl groups is 2. The normalized spacial score (nSPS) is 19.8. The van der Waals surface area contributed by atoms with E-state index in [2.05, 4.69) is 15.3 Å². The molecule has 0 saturated heterocycles. The second-order valence-corrected chi connectivity index (χ2v) is 10.9. The third kappa shape index (κ3) is 6.86. The number of nitrogens with one attached hydrogen (secondary N) is 1. The highest BCUT2D eigenvalue weighted by Gasteiger charge is 2.38. The van der Waals surface area contributed by atoms with Crippen molar-refractivity contribution in [1.82, 2.24) is 20.0 Å². The largest absolute Gasteiger partial charge is 0.425 e. The van der Waals surface area contributed by atoms with Crippen molar-refractivity contribution in [2.24, 2.45) is 0 Å². The van der Waals surface area contributed by atoms with Crippen LogP contribution in [0.3, 0.4) is 0 Å². The standard InChI is InChI=1S/C24H33F3N4O4S/c1-23(34,22(33)29-17-4-5-17)15-31-13-16(11-28-31)12-30-7-2-3-20-18(6-9-35-10-8-30)19(14-32)21(36-20)24(25,26)27/h11,13,17,32,34H,2-10,12,14-15H2,1H3,(H,29,33). The number of halogens is 3. The van der Waals surface area contributed by atoms with E-state index in [4.69, 9.17) is 4.74 Å². The molecule has 0 radical (unpaired) electrons. The SMILES string of the molecule is CC(O)(Cn1cc(CN2CCCc3sc(C(F)(F)F)c(CO)c3CCOCC2)cn1)C(=O)NC1CC1. The van der Waals surface area contributed by atoms with Gasteiger partial charge in [0.2, 0.25) is 0 Å². The number of hydrogen-bond acceptors (Lipinski definition) is 7. The van der Waals surface area contributed by atoms with Gasteiger partial charge in [0, 0.05) is 41.3 Å². The van der Waals surface area contributed by atoms with Gasteiger partial charge in [0.1, 0.15) is 4.88 Å². The second kappa shape index (κ2) is 11.2. The Kier molecular flexibility index (Phi) is 8.40. The van der Waals surface area contributed by atoms with Crippen molar-refractivity contribution in [3.05, 3.63) is 38.8 Å². The molecule has 0 aromatic carbocycles. The number of rotatable bonds is 7. The summed E-state index contributed by atoms with van der Waals surface area (Å²) in [6, 6.07) is 0.157. The Morgan fingerprint density at radius 2 is 2.06 bits per heavy atom. The van der Waals surface area contributed by atoms with Crippen LogP contribution in [-0.2, 0) is 48.2 Å². The summed E-state index contributed by atoms with van der Waals surface area (Å²) in [5.41, 5.74) is -0.115. The third-order valence-corrected chi connectivity index (χ3v) is 7.89. The van der Waals surface area contributed by atoms with Gasteiger partial charge in [0.25, 0.3) is 5.91 Å². The first-order valence-electron chi connectivity index (χ1n) is 12.2. The Balaban J connectivity index is 1.38. The first-order valence-corrected chi connectivity index (χ1v) is 13.0. The van der Waals surface area contributed by atoms with Crippen LogP contribution in [-0.4, -0.2) is 68.7 Å². The molecule has 1 atom stereocenters. The summed E-state index contributed by atoms with van der Waals surface area (Å²) < 4.78 is 47.7. The average molecular weight is 531 g/mol. The van der Waals surface area contributed by atoms with Crippen molar-refractivity contribution in [3.63, 3.8) is 0 Å². The van der Waals surface area contributed by atoms with Gasteiger partial charge in [-0.05, 0) is 51.1 Å². The van der Waals surface area contributed by atoms with E-state index in [-0.39, 0.29) is 24.8 Å². The summed E-state index contributed by atoms with van der Waals surface area (Å²) in [7, 11) is 0. The molecule has 8 nitrogen and oxygen atoms in total. The zero-order valence-electron chi connectivity index (χ0n) is 20.3. The van der Waals surface area contributed by atoms with Gasteiger partial charge < -0.3 is 20.3 Å². The second-order valence-electron chi connectivity index (χ2n) is 9.78. The fraction of sp³-hybridized carbons (Fsp3) is 0.667. The highest BCUT2D eigenvalue weighted by Crippen LogP contribution is 2.41. The molecule has 3 N–H and O–H groups in total. The van der Waals surface area contributed by atoms with Crippen molar-refractivity contribution in [2.75, 3.05) is 26.3 Å². The van der Waals surface area contributed by atoms with Crippen molar-refractivity contribution >= 4 is 17.2 Å². The van der Waals surface area contributed by atoms with Crippen molar-refractivity contribution in [3.8, 4) is 0 Å². The molecule has 1 aliphatic heterocycles. The van der Waals surface area contributed by atoms with Gasteiger partial charge in [-0.3, -0.25) is 14.4 Å². The highest BCUT2D eigenvalue weighted by molar-refractivity contribution is 7.12. The Morgan fingerprint density at radius 1 is 1.28 bits per heavy atom. The zero-order valence-corrected chi connectivity index (χ0v) is 21.1. The molecular formula is C24H33F3N4O4S. The minimum absolute atomic E-state index is 0.0173. The van der Waals surface area contributed by atoms with Crippen molar-refractivity contribution in [1.29, 1.82) is 0 Å². The molecule has 3 heterocycles. The number of nitrogens with zero attached hydrogens (tertiary/aromatic N) is 3. The third-order valence-electron chi connectivity index (χ3n) is 6.51. The quantitative estimate of drug-likeness (QED) is 0.509. The Bertz CT molecular complexity index is 1050. The Morgan fingerprint density at radius 3 is 2.75 bits per heavy atom. The van der Waals surface area contributed by atoms with E-state index < -0.39 is 29.2 Å². The van der Waals surface area contributed by atoms with Crippen LogP contribution in [0.1, 0.15) is 52.6 Å². The smallest absolute Gasteiger partial charge is 0.392 e. The van der Waals surface area contributed by atoms with Gasteiger partial charge in [0.15, 0.2) is 5.60 Å². The van der Waals surface area contributed by atoms with Crippen LogP contribution in [0.2, 0.25) is 0 Å². The molecule has 2 aliphatic rings. The molecule has 1 unspecified atom stereocenters. The number of thiophene rings is 1. The number of ether oxygens (including phenoxy) is 1. The van der Waals surface area contributed by atoms with Gasteiger partial charge in [-0.15, -0.1) is 11.3 Å². The maximum atomic E-state index is 13.5. The minimum Gasteiger partial charge on any atom is -0.392 e. The maximum Gasteiger partial charge on any atom is 0.425 e. The number of aromatic nitrogens is 2. The molecule has 200 valence electrons. The molecule has 12 heteroatoms. The predicted molar refractivity (Wildman–Crippen MR) is 127 cm³/mol. The lowest BCUT2D eigenvalue weighted by Crippen LogP contribution is -2.48. The van der Waals surface area contributed by atoms with Gasteiger partial charge in [-0.2, -0.15) is 18.3 Å². The predicted octanol–water partition coefficient (Wildman–Crippen LogP) is 2.49. The molecule has 2 aromatic heterocycles. The number of carbonyl (C=O) groups excluding carboxylic acids is 1. The number of aliphatic hydroxyl groups excluding tert-OH is 1. The summed E-state index contributed by atoms with van der Waals surface area (Å²) in [5.74, 6) is -0.405. The maximum absolute atomic E-state index is 13.5. The van der Waals surface area contributed by atoms with Gasteiger partial charge in [0.05, 0.1) is 32.6 Å². The van der Waals surface area contributed by atoms with Crippen LogP contribution in [0.4, 0.5) is 13.2 Å². The summed E-state index contributed by atoms with van der Waals surface area (Å²) in [5, 5.41) is 27.3. The fourth-order valence-corrected chi connectivity index (χ4v) is 5.70. The van der Waals surface area contributed by atoms with E-state index in [1.807, 2.05) is 0 Å². The monoisotopic (exact) mass is 530 g/mol. The molecule has 0 spiro atoms. The van der Waals surface area contributed by atoms with Crippen LogP contribution in [0.5, 0.6) is 0 Å². The Hall–Kier alpha value is -1.99. The highest BCUT2D eigenvalue weighted by atomic mass is 32.1. The molecule has 1 fully saturated rings. The van der Waals surface area contributed by atoms with Gasteiger partial charge in [-0.25, -0.2) is 0 Å². The van der Waals surface area contributed by atoms with E-state index >= 15 is 0 Å². The molecule has 0 bridgehead atoms. The van der Waals surface area contributed by atoms with Crippen LogP contribution in [0.15, 0.2) is 12.4 Å². The molecular weight excluding hydrogens is 497 g/mol. The van der Waals surface area contributed by atoms with E-state index in [0.717, 1.165) is 29.7 Å². The Labute approximate surface area is 212 Å². The fourth-order valence-electron chi connectivity index (χ4n) is 4.43. The molecule has 4 rings (SSSR count). The van der Waals surface area contributed by atoms with E-state index in [0.29, 0.717) is 55.9 Å². The van der Waals surface area contributed by atoms with Crippen LogP contribution < -0.4 is 5.32 Å². The molecule has 36 heavy (non-hydrogen) atoms. The summed E-state index contributed by atoms with van der Waals surface area (Å²) in [6.07, 6.45) is 2.40. The first kappa shape index (κ1) is 27.1. The van der Waals surface area contributed by atoms with Crippen LogP contribution in [0.25, 0.3) is 0 Å². The number of alkyl halides is 3. The summed E-state index contributed by atoms with van der Waals surface area (Å²) >= 11 is 0.734. The van der Waals surface area contributed by atoms with E-state index in [1.165, 1.54) is 6.92 Å². The minimum atomic E-state index is -4.48. The first-order chi connectivity index (χ1) is 17.1. The molecule has 1 aliphatic carbocycles. The number of hydrogen-bond donors (Lipinski definition) is 3. The van der Waals surface area contributed by atoms with E-state index in [1.54, 1.807) is 17.1 Å². The number of amides is 1. The number of carbonyl (C=O) groups is 1. The average Bonchev–Trinajstić information content (AvgIpc) is 3.40. The van der Waals surface area contributed by atoms with Crippen LogP contribution >= 0.6 is 11.3 Å². The molecule has 1 saturated carbocycles. The molecule has 2 aromatic rings. The molecule has 1 amide bonds.